The predicted octanol–water partition coefficient (Wildman–Crippen LogP) is 2.03. The standard InChI is InChI=1S/C19H23N3O3/c1-19(2,3)14-7-9-15(10-8-14)20-16(23)11-6-13-12-21(4)18(25)22(5)17(13)24/h6-12H,1-5H3,(H,20,23)/b11-6+. The lowest BCUT2D eigenvalue weighted by molar-refractivity contribution is -0.111. The quantitative estimate of drug-likeness (QED) is 0.868. The first kappa shape index (κ1) is 18.4. The van der Waals surface area contributed by atoms with Crippen molar-refractivity contribution in [1.82, 2.24) is 9.13 Å². The average molecular weight is 341 g/mol. The minimum absolute atomic E-state index is 0.0474. The number of aryl methyl sites for hydroxylation is 1. The fourth-order valence-corrected chi connectivity index (χ4v) is 2.35. The molecule has 0 aliphatic carbocycles. The number of carbonyl (C=O) groups excluding carboxylic acids is 1. The van der Waals surface area contributed by atoms with E-state index in [-0.39, 0.29) is 16.9 Å². The molecule has 1 aromatic heterocycles. The highest BCUT2D eigenvalue weighted by Crippen LogP contribution is 2.23. The van der Waals surface area contributed by atoms with Gasteiger partial charge in [-0.05, 0) is 29.2 Å². The SMILES string of the molecule is Cn1cc(/C=C/C(=O)Nc2ccc(C(C)(C)C)cc2)c(=O)n(C)c1=O. The monoisotopic (exact) mass is 341 g/mol. The molecule has 2 rings (SSSR count). The number of nitrogens with zero attached hydrogens (tertiary/aromatic N) is 2. The van der Waals surface area contributed by atoms with Crippen LogP contribution in [-0.4, -0.2) is 15.0 Å². The number of aromatic nitrogens is 2. The molecular weight excluding hydrogens is 318 g/mol. The summed E-state index contributed by atoms with van der Waals surface area (Å²) in [6.45, 7) is 6.37. The first-order chi connectivity index (χ1) is 11.6. The van der Waals surface area contributed by atoms with Gasteiger partial charge >= 0.3 is 5.69 Å². The van der Waals surface area contributed by atoms with Crippen molar-refractivity contribution in [2.45, 2.75) is 26.2 Å². The molecule has 0 bridgehead atoms. The lowest BCUT2D eigenvalue weighted by atomic mass is 9.87. The Morgan fingerprint density at radius 2 is 1.68 bits per heavy atom. The van der Waals surface area contributed by atoms with Crippen molar-refractivity contribution >= 4 is 17.7 Å². The zero-order chi connectivity index (χ0) is 18.8. The Morgan fingerprint density at radius 3 is 2.24 bits per heavy atom. The van der Waals surface area contributed by atoms with E-state index in [4.69, 9.17) is 0 Å². The first-order valence-corrected chi connectivity index (χ1v) is 7.96. The van der Waals surface area contributed by atoms with Crippen LogP contribution in [0.15, 0.2) is 46.1 Å². The van der Waals surface area contributed by atoms with Gasteiger partial charge in [0.25, 0.3) is 5.56 Å². The third-order valence-electron chi connectivity index (χ3n) is 3.91. The highest BCUT2D eigenvalue weighted by Gasteiger charge is 2.13. The molecule has 1 heterocycles. The van der Waals surface area contributed by atoms with Crippen molar-refractivity contribution < 1.29 is 4.79 Å². The van der Waals surface area contributed by atoms with Gasteiger partial charge in [0.15, 0.2) is 0 Å². The van der Waals surface area contributed by atoms with Crippen LogP contribution in [0.5, 0.6) is 0 Å². The van der Waals surface area contributed by atoms with E-state index >= 15 is 0 Å². The Morgan fingerprint density at radius 1 is 1.08 bits per heavy atom. The van der Waals surface area contributed by atoms with Crippen molar-refractivity contribution in [3.63, 3.8) is 0 Å². The van der Waals surface area contributed by atoms with E-state index in [9.17, 15) is 14.4 Å². The summed E-state index contributed by atoms with van der Waals surface area (Å²) in [6, 6.07) is 7.64. The molecule has 0 aliphatic rings. The second-order valence-corrected chi connectivity index (χ2v) is 6.99. The molecule has 6 heteroatoms. The second kappa shape index (κ2) is 6.93. The minimum Gasteiger partial charge on any atom is -0.323 e. The highest BCUT2D eigenvalue weighted by molar-refractivity contribution is 6.01. The third-order valence-corrected chi connectivity index (χ3v) is 3.91. The molecule has 2 aromatic rings. The van der Waals surface area contributed by atoms with Gasteiger partial charge in [-0.25, -0.2) is 4.79 Å². The van der Waals surface area contributed by atoms with E-state index in [2.05, 4.69) is 26.1 Å². The smallest absolute Gasteiger partial charge is 0.323 e. The van der Waals surface area contributed by atoms with Crippen LogP contribution >= 0.6 is 0 Å². The van der Waals surface area contributed by atoms with Crippen LogP contribution in [0.4, 0.5) is 5.69 Å². The van der Waals surface area contributed by atoms with Crippen LogP contribution in [0.25, 0.3) is 6.08 Å². The summed E-state index contributed by atoms with van der Waals surface area (Å²) in [6.07, 6.45) is 4.09. The zero-order valence-electron chi connectivity index (χ0n) is 15.2. The Labute approximate surface area is 146 Å². The lowest BCUT2D eigenvalue weighted by Gasteiger charge is -2.19. The molecular formula is C19H23N3O3. The van der Waals surface area contributed by atoms with Gasteiger partial charge < -0.3 is 9.88 Å². The molecule has 0 aliphatic heterocycles. The Balaban J connectivity index is 2.14. The summed E-state index contributed by atoms with van der Waals surface area (Å²) >= 11 is 0. The molecule has 0 saturated heterocycles. The van der Waals surface area contributed by atoms with E-state index in [1.165, 1.54) is 35.5 Å². The van der Waals surface area contributed by atoms with Crippen LogP contribution in [0.3, 0.4) is 0 Å². The van der Waals surface area contributed by atoms with E-state index in [0.717, 1.165) is 4.57 Å². The summed E-state index contributed by atoms with van der Waals surface area (Å²) in [5.74, 6) is -0.348. The maximum atomic E-state index is 12.0. The Hall–Kier alpha value is -2.89. The maximum absolute atomic E-state index is 12.0. The number of benzene rings is 1. The van der Waals surface area contributed by atoms with Crippen LogP contribution in [0.2, 0.25) is 0 Å². The number of amides is 1. The highest BCUT2D eigenvalue weighted by atomic mass is 16.2. The summed E-state index contributed by atoms with van der Waals surface area (Å²) in [5.41, 5.74) is 1.31. The van der Waals surface area contributed by atoms with Gasteiger partial charge in [-0.3, -0.25) is 14.2 Å². The van der Waals surface area contributed by atoms with Crippen LogP contribution in [-0.2, 0) is 24.3 Å². The molecule has 132 valence electrons. The molecule has 0 radical (unpaired) electrons. The largest absolute Gasteiger partial charge is 0.330 e. The topological polar surface area (TPSA) is 73.1 Å². The summed E-state index contributed by atoms with van der Waals surface area (Å²) in [4.78, 5) is 35.7. The molecule has 1 aromatic carbocycles. The fourth-order valence-electron chi connectivity index (χ4n) is 2.35. The molecule has 0 unspecified atom stereocenters. The van der Waals surface area contributed by atoms with Crippen molar-refractivity contribution in [1.29, 1.82) is 0 Å². The van der Waals surface area contributed by atoms with E-state index in [0.29, 0.717) is 5.69 Å². The summed E-state index contributed by atoms with van der Waals surface area (Å²) in [7, 11) is 2.95. The molecule has 0 saturated carbocycles. The molecule has 0 spiro atoms. The lowest BCUT2D eigenvalue weighted by Crippen LogP contribution is -2.37. The van der Waals surface area contributed by atoms with Crippen molar-refractivity contribution in [3.8, 4) is 0 Å². The van der Waals surface area contributed by atoms with Crippen LogP contribution < -0.4 is 16.6 Å². The number of anilines is 1. The predicted molar refractivity (Wildman–Crippen MR) is 99.7 cm³/mol. The molecule has 1 N–H and O–H groups in total. The van der Waals surface area contributed by atoms with Gasteiger partial charge in [0.1, 0.15) is 0 Å². The van der Waals surface area contributed by atoms with E-state index < -0.39 is 11.2 Å². The molecule has 6 nitrogen and oxygen atoms in total. The van der Waals surface area contributed by atoms with Crippen LogP contribution in [0.1, 0.15) is 31.9 Å². The van der Waals surface area contributed by atoms with Crippen LogP contribution in [0, 0.1) is 0 Å². The summed E-state index contributed by atoms with van der Waals surface area (Å²) < 4.78 is 2.30. The van der Waals surface area contributed by atoms with Gasteiger partial charge in [0.05, 0.1) is 5.56 Å². The number of carbonyl (C=O) groups is 1. The van der Waals surface area contributed by atoms with Gasteiger partial charge in [0, 0.05) is 32.1 Å². The second-order valence-electron chi connectivity index (χ2n) is 6.99. The maximum Gasteiger partial charge on any atom is 0.330 e. The van der Waals surface area contributed by atoms with Gasteiger partial charge in [-0.1, -0.05) is 32.9 Å². The van der Waals surface area contributed by atoms with Crippen molar-refractivity contribution in [2.24, 2.45) is 14.1 Å². The number of hydrogen-bond acceptors (Lipinski definition) is 3. The van der Waals surface area contributed by atoms with Gasteiger partial charge in [-0.15, -0.1) is 0 Å². The Bertz CT molecular complexity index is 926. The fraction of sp³-hybridized carbons (Fsp3) is 0.316. The van der Waals surface area contributed by atoms with Gasteiger partial charge in [0.2, 0.25) is 5.91 Å². The number of nitrogens with one attached hydrogen (secondary N) is 1. The van der Waals surface area contributed by atoms with Crippen molar-refractivity contribution in [3.05, 3.63) is 68.5 Å². The first-order valence-electron chi connectivity index (χ1n) is 7.96. The van der Waals surface area contributed by atoms with Gasteiger partial charge in [-0.2, -0.15) is 0 Å². The summed E-state index contributed by atoms with van der Waals surface area (Å²) in [5, 5.41) is 2.75. The number of rotatable bonds is 3. The molecule has 1 amide bonds. The third kappa shape index (κ3) is 4.35. The normalized spacial score (nSPS) is 11.7. The minimum atomic E-state index is -0.443. The Kier molecular flexibility index (Phi) is 5.11. The van der Waals surface area contributed by atoms with E-state index in [1.54, 1.807) is 7.05 Å². The molecule has 0 fully saturated rings. The molecule has 25 heavy (non-hydrogen) atoms. The average Bonchev–Trinajstić information content (AvgIpc) is 2.54. The number of hydrogen-bond donors (Lipinski definition) is 1. The van der Waals surface area contributed by atoms with E-state index in [1.807, 2.05) is 24.3 Å². The zero-order valence-corrected chi connectivity index (χ0v) is 15.2. The van der Waals surface area contributed by atoms with Crippen molar-refractivity contribution in [2.75, 3.05) is 5.32 Å². The molecule has 0 atom stereocenters.